The van der Waals surface area contributed by atoms with E-state index in [9.17, 15) is 22.0 Å². The minimum atomic E-state index is -4.70. The van der Waals surface area contributed by atoms with Crippen molar-refractivity contribution in [3.05, 3.63) is 36.0 Å². The molecule has 32 heavy (non-hydrogen) atoms. The lowest BCUT2D eigenvalue weighted by molar-refractivity contribution is -0.137. The predicted octanol–water partition coefficient (Wildman–Crippen LogP) is 4.50. The van der Waals surface area contributed by atoms with Crippen LogP contribution < -0.4 is 10.2 Å². The van der Waals surface area contributed by atoms with Gasteiger partial charge in [0.1, 0.15) is 17.2 Å². The molecule has 4 rings (SSSR count). The molecule has 3 aromatic heterocycles. The van der Waals surface area contributed by atoms with E-state index in [1.54, 1.807) is 12.1 Å². The van der Waals surface area contributed by atoms with Crippen molar-refractivity contribution in [2.75, 3.05) is 24.5 Å². The molecule has 6 nitrogen and oxygen atoms in total. The molecule has 0 radical (unpaired) electrons. The molecule has 0 bridgehead atoms. The molecule has 1 fully saturated rings. The zero-order chi connectivity index (χ0) is 23.1. The number of rotatable bonds is 4. The van der Waals surface area contributed by atoms with Crippen LogP contribution in [0.1, 0.15) is 25.8 Å². The van der Waals surface area contributed by atoms with Gasteiger partial charge in [-0.1, -0.05) is 13.8 Å². The Hall–Kier alpha value is -2.82. The second-order valence-corrected chi connectivity index (χ2v) is 8.48. The molecule has 1 saturated heterocycles. The summed E-state index contributed by atoms with van der Waals surface area (Å²) < 4.78 is 70.2. The average molecular weight is 454 g/mol. The highest BCUT2D eigenvalue weighted by Crippen LogP contribution is 2.39. The lowest BCUT2D eigenvalue weighted by Crippen LogP contribution is -2.39. The number of halogens is 5. The predicted molar refractivity (Wildman–Crippen MR) is 111 cm³/mol. The summed E-state index contributed by atoms with van der Waals surface area (Å²) in [6, 6.07) is 4.94. The highest BCUT2D eigenvalue weighted by molar-refractivity contribution is 5.90. The summed E-state index contributed by atoms with van der Waals surface area (Å²) in [4.78, 5) is 9.62. The minimum Gasteiger partial charge on any atom is -0.349 e. The third-order valence-corrected chi connectivity index (χ3v) is 5.34. The summed E-state index contributed by atoms with van der Waals surface area (Å²) in [5.41, 5.74) is -1.13. The van der Waals surface area contributed by atoms with Crippen molar-refractivity contribution in [3.63, 3.8) is 0 Å². The smallest absolute Gasteiger partial charge is 0.349 e. The monoisotopic (exact) mass is 454 g/mol. The third-order valence-electron chi connectivity index (χ3n) is 5.34. The quantitative estimate of drug-likeness (QED) is 0.569. The topological polar surface area (TPSA) is 69.7 Å². The molecule has 4 heterocycles. The van der Waals surface area contributed by atoms with Crippen LogP contribution in [0.5, 0.6) is 0 Å². The van der Waals surface area contributed by atoms with Gasteiger partial charge in [-0.3, -0.25) is 5.10 Å². The van der Waals surface area contributed by atoms with Crippen LogP contribution >= 0.6 is 0 Å². The van der Waals surface area contributed by atoms with Crippen molar-refractivity contribution in [1.29, 1.82) is 0 Å². The zero-order valence-electron chi connectivity index (χ0n) is 17.5. The normalized spacial score (nSPS) is 19.5. The van der Waals surface area contributed by atoms with Gasteiger partial charge in [0.15, 0.2) is 5.65 Å². The van der Waals surface area contributed by atoms with E-state index in [0.29, 0.717) is 17.5 Å². The van der Waals surface area contributed by atoms with Crippen LogP contribution in [0.4, 0.5) is 27.8 Å². The molecule has 1 atom stereocenters. The molecule has 0 amide bonds. The summed E-state index contributed by atoms with van der Waals surface area (Å²) in [7, 11) is 0. The Kier molecular flexibility index (Phi) is 5.78. The van der Waals surface area contributed by atoms with Gasteiger partial charge in [-0.25, -0.2) is 18.7 Å². The number of aromatic nitrogens is 4. The number of H-pyrrole nitrogens is 1. The first kappa shape index (κ1) is 22.4. The Morgan fingerprint density at radius 1 is 1.19 bits per heavy atom. The molecule has 1 aliphatic rings. The molecule has 2 N–H and O–H groups in total. The largest absolute Gasteiger partial charge is 0.418 e. The van der Waals surface area contributed by atoms with E-state index in [2.05, 4.69) is 25.5 Å². The van der Waals surface area contributed by atoms with Crippen LogP contribution in [0, 0.1) is 5.92 Å². The van der Waals surface area contributed by atoms with Crippen LogP contribution in [0.15, 0.2) is 30.5 Å². The molecular formula is C21H23F5N6. The maximum Gasteiger partial charge on any atom is 0.418 e. The standard InChI is InChI=1S/C21H23F5N6/c1-12(2)8-13-9-32(11-20(22,23)10-28-13)16-6-5-15(21(24,25)26)18(29-16)17-14-4-3-7-27-19(14)31-30-17/h3-7,12-13,28H,8-11H2,1-2H3,(H,27,30,31)/t13-/m0/s1. The molecule has 0 saturated carbocycles. The van der Waals surface area contributed by atoms with Crippen LogP contribution in [0.25, 0.3) is 22.4 Å². The Balaban J connectivity index is 1.80. The Labute approximate surface area is 181 Å². The molecule has 172 valence electrons. The number of pyridine rings is 2. The number of nitrogens with one attached hydrogen (secondary N) is 2. The van der Waals surface area contributed by atoms with E-state index in [4.69, 9.17) is 0 Å². The van der Waals surface area contributed by atoms with Crippen molar-refractivity contribution >= 4 is 16.9 Å². The van der Waals surface area contributed by atoms with E-state index >= 15 is 0 Å². The minimum absolute atomic E-state index is 0.0271. The van der Waals surface area contributed by atoms with Gasteiger partial charge < -0.3 is 10.2 Å². The number of fused-ring (bicyclic) bond motifs is 1. The fourth-order valence-corrected chi connectivity index (χ4v) is 3.99. The summed E-state index contributed by atoms with van der Waals surface area (Å²) in [5.74, 6) is -2.75. The number of nitrogens with zero attached hydrogens (tertiary/aromatic N) is 4. The van der Waals surface area contributed by atoms with Crippen LogP contribution in [0.2, 0.25) is 0 Å². The highest BCUT2D eigenvalue weighted by atomic mass is 19.4. The fraction of sp³-hybridized carbons (Fsp3) is 0.476. The molecule has 0 spiro atoms. The van der Waals surface area contributed by atoms with E-state index < -0.39 is 36.4 Å². The van der Waals surface area contributed by atoms with E-state index in [0.717, 1.165) is 12.1 Å². The molecule has 1 aliphatic heterocycles. The molecule has 0 aromatic carbocycles. The molecule has 3 aromatic rings. The number of alkyl halides is 5. The van der Waals surface area contributed by atoms with Crippen molar-refractivity contribution in [2.24, 2.45) is 5.92 Å². The molecule has 0 unspecified atom stereocenters. The summed E-state index contributed by atoms with van der Waals surface area (Å²) in [5, 5.41) is 9.85. The first-order valence-corrected chi connectivity index (χ1v) is 10.3. The number of aromatic amines is 1. The maximum absolute atomic E-state index is 14.4. The summed E-state index contributed by atoms with van der Waals surface area (Å²) in [6.07, 6.45) is -2.56. The van der Waals surface area contributed by atoms with Gasteiger partial charge in [0.25, 0.3) is 5.92 Å². The summed E-state index contributed by atoms with van der Waals surface area (Å²) >= 11 is 0. The second kappa shape index (κ2) is 8.27. The van der Waals surface area contributed by atoms with Gasteiger partial charge in [-0.2, -0.15) is 18.3 Å². The molecular weight excluding hydrogens is 431 g/mol. The number of hydrogen-bond acceptors (Lipinski definition) is 5. The van der Waals surface area contributed by atoms with Crippen LogP contribution in [-0.4, -0.2) is 51.8 Å². The van der Waals surface area contributed by atoms with Crippen molar-refractivity contribution in [1.82, 2.24) is 25.5 Å². The maximum atomic E-state index is 14.4. The molecule has 0 aliphatic carbocycles. The van der Waals surface area contributed by atoms with E-state index in [1.807, 2.05) is 13.8 Å². The van der Waals surface area contributed by atoms with Crippen molar-refractivity contribution < 1.29 is 22.0 Å². The summed E-state index contributed by atoms with van der Waals surface area (Å²) in [6.45, 7) is 3.04. The third kappa shape index (κ3) is 4.67. The average Bonchev–Trinajstić information content (AvgIpc) is 3.07. The van der Waals surface area contributed by atoms with Gasteiger partial charge in [0, 0.05) is 24.2 Å². The van der Waals surface area contributed by atoms with Gasteiger partial charge in [0.2, 0.25) is 0 Å². The lowest BCUT2D eigenvalue weighted by Gasteiger charge is -2.28. The fourth-order valence-electron chi connectivity index (χ4n) is 3.99. The SMILES string of the molecule is CC(C)C[C@H]1CN(c2ccc(C(F)(F)F)c(-c3n[nH]c4ncccc34)n2)CC(F)(F)CN1. The van der Waals surface area contributed by atoms with Gasteiger partial charge in [-0.15, -0.1) is 0 Å². The second-order valence-electron chi connectivity index (χ2n) is 8.48. The Morgan fingerprint density at radius 3 is 2.69 bits per heavy atom. The van der Waals surface area contributed by atoms with Crippen LogP contribution in [-0.2, 0) is 6.18 Å². The van der Waals surface area contributed by atoms with Gasteiger partial charge >= 0.3 is 6.18 Å². The van der Waals surface area contributed by atoms with Crippen molar-refractivity contribution in [2.45, 2.75) is 38.4 Å². The van der Waals surface area contributed by atoms with Crippen molar-refractivity contribution in [3.8, 4) is 11.4 Å². The Morgan fingerprint density at radius 2 is 1.97 bits per heavy atom. The first-order chi connectivity index (χ1) is 15.0. The highest BCUT2D eigenvalue weighted by Gasteiger charge is 2.39. The van der Waals surface area contributed by atoms with Gasteiger partial charge in [0.05, 0.1) is 18.7 Å². The molecule has 11 heteroatoms. The van der Waals surface area contributed by atoms with Crippen LogP contribution in [0.3, 0.4) is 0 Å². The van der Waals surface area contributed by atoms with E-state index in [-0.39, 0.29) is 30.0 Å². The lowest BCUT2D eigenvalue weighted by atomic mass is 10.0. The van der Waals surface area contributed by atoms with Gasteiger partial charge in [-0.05, 0) is 36.6 Å². The first-order valence-electron chi connectivity index (χ1n) is 10.3. The zero-order valence-corrected chi connectivity index (χ0v) is 17.5. The number of anilines is 1. The number of hydrogen-bond donors (Lipinski definition) is 2. The van der Waals surface area contributed by atoms with E-state index in [1.165, 1.54) is 11.1 Å². The Bertz CT molecular complexity index is 1090.